The van der Waals surface area contributed by atoms with E-state index in [-0.39, 0.29) is 23.8 Å². The number of methoxy groups -OCH3 is 1. The van der Waals surface area contributed by atoms with E-state index < -0.39 is 17.8 Å². The van der Waals surface area contributed by atoms with Crippen LogP contribution in [0.5, 0.6) is 11.5 Å². The predicted octanol–water partition coefficient (Wildman–Crippen LogP) is 5.32. The van der Waals surface area contributed by atoms with Crippen LogP contribution in [0.25, 0.3) is 10.6 Å². The van der Waals surface area contributed by atoms with E-state index in [9.17, 15) is 18.0 Å². The summed E-state index contributed by atoms with van der Waals surface area (Å²) in [7, 11) is 1.39. The maximum Gasteiger partial charge on any atom is 0.416 e. The molecular formula is C21H18F3N3O4S. The van der Waals surface area contributed by atoms with Crippen LogP contribution in [0.15, 0.2) is 42.5 Å². The first-order valence-corrected chi connectivity index (χ1v) is 9.93. The molecule has 168 valence electrons. The molecule has 7 nitrogen and oxygen atoms in total. The van der Waals surface area contributed by atoms with E-state index in [0.29, 0.717) is 22.0 Å². The highest BCUT2D eigenvalue weighted by atomic mass is 32.1. The SMILES string of the molecule is COc1cc(OCc2sc(-c3ccc(C(F)(F)F)cc3)nc2C)ccc1C(=N)NC(=O)O. The molecule has 0 spiro atoms. The Hall–Kier alpha value is -3.60. The minimum atomic E-state index is -4.39. The van der Waals surface area contributed by atoms with Gasteiger partial charge in [0.05, 0.1) is 28.8 Å². The van der Waals surface area contributed by atoms with Gasteiger partial charge in [0.25, 0.3) is 0 Å². The molecule has 0 aliphatic heterocycles. The molecule has 0 saturated heterocycles. The number of hydrogen-bond acceptors (Lipinski definition) is 6. The van der Waals surface area contributed by atoms with Crippen molar-refractivity contribution in [3.63, 3.8) is 0 Å². The van der Waals surface area contributed by atoms with Gasteiger partial charge in [0.15, 0.2) is 0 Å². The molecule has 1 aromatic heterocycles. The van der Waals surface area contributed by atoms with E-state index in [4.69, 9.17) is 20.0 Å². The highest BCUT2D eigenvalue weighted by Gasteiger charge is 2.30. The summed E-state index contributed by atoms with van der Waals surface area (Å²) >= 11 is 1.31. The molecule has 0 aliphatic rings. The molecule has 32 heavy (non-hydrogen) atoms. The highest BCUT2D eigenvalue weighted by molar-refractivity contribution is 7.15. The Morgan fingerprint density at radius 2 is 1.91 bits per heavy atom. The van der Waals surface area contributed by atoms with Crippen molar-refractivity contribution in [1.29, 1.82) is 5.41 Å². The van der Waals surface area contributed by atoms with Crippen molar-refractivity contribution in [2.45, 2.75) is 19.7 Å². The summed E-state index contributed by atoms with van der Waals surface area (Å²) < 4.78 is 49.2. The number of nitrogens with one attached hydrogen (secondary N) is 2. The minimum absolute atomic E-state index is 0.164. The van der Waals surface area contributed by atoms with Crippen LogP contribution in [0.4, 0.5) is 18.0 Å². The van der Waals surface area contributed by atoms with Gasteiger partial charge in [0.2, 0.25) is 0 Å². The van der Waals surface area contributed by atoms with Crippen LogP contribution in [-0.4, -0.2) is 29.1 Å². The van der Waals surface area contributed by atoms with Crippen molar-refractivity contribution in [2.24, 2.45) is 0 Å². The molecule has 0 fully saturated rings. The molecule has 11 heteroatoms. The summed E-state index contributed by atoms with van der Waals surface area (Å²) in [6, 6.07) is 9.41. The molecule has 1 amide bonds. The first kappa shape index (κ1) is 23.1. The molecule has 3 N–H and O–H groups in total. The first-order chi connectivity index (χ1) is 15.1. The Balaban J connectivity index is 1.73. The highest BCUT2D eigenvalue weighted by Crippen LogP contribution is 2.33. The number of halogens is 3. The van der Waals surface area contributed by atoms with Crippen molar-refractivity contribution in [2.75, 3.05) is 7.11 Å². The minimum Gasteiger partial charge on any atom is -0.496 e. The molecule has 3 aromatic rings. The number of hydrogen-bond donors (Lipinski definition) is 3. The van der Waals surface area contributed by atoms with Crippen LogP contribution in [-0.2, 0) is 12.8 Å². The number of nitrogens with zero attached hydrogens (tertiary/aromatic N) is 1. The van der Waals surface area contributed by atoms with E-state index in [2.05, 4.69) is 4.98 Å². The number of benzene rings is 2. The molecule has 2 aromatic carbocycles. The second-order valence-electron chi connectivity index (χ2n) is 6.56. The first-order valence-electron chi connectivity index (χ1n) is 9.12. The van der Waals surface area contributed by atoms with Crippen LogP contribution < -0.4 is 14.8 Å². The Kier molecular flexibility index (Phi) is 6.68. The zero-order chi connectivity index (χ0) is 23.5. The number of carboxylic acid groups (broad SMARTS) is 1. The summed E-state index contributed by atoms with van der Waals surface area (Å²) in [6.45, 7) is 1.95. The fraction of sp³-hybridized carbons (Fsp3) is 0.190. The lowest BCUT2D eigenvalue weighted by Gasteiger charge is -2.12. The second-order valence-corrected chi connectivity index (χ2v) is 7.64. The van der Waals surface area contributed by atoms with E-state index >= 15 is 0 Å². The number of amides is 1. The Bertz CT molecular complexity index is 1140. The number of carbonyl (C=O) groups is 1. The monoisotopic (exact) mass is 465 g/mol. The lowest BCUT2D eigenvalue weighted by molar-refractivity contribution is -0.137. The standard InChI is InChI=1S/C21H18F3N3O4S/c1-11-17(32-19(26-11)12-3-5-13(6-4-12)21(22,23)24)10-31-14-7-8-15(16(9-14)30-2)18(25)27-20(28)29/h3-9H,10H2,1-2H3,(H2,25,27)(H,28,29). The van der Waals surface area contributed by atoms with Gasteiger partial charge in [-0.15, -0.1) is 11.3 Å². The zero-order valence-corrected chi connectivity index (χ0v) is 17.7. The molecule has 1 heterocycles. The third-order valence-electron chi connectivity index (χ3n) is 4.40. The number of amidine groups is 1. The van der Waals surface area contributed by atoms with Crippen LogP contribution in [0.3, 0.4) is 0 Å². The van der Waals surface area contributed by atoms with Crippen molar-refractivity contribution in [3.05, 3.63) is 64.2 Å². The van der Waals surface area contributed by atoms with Crippen molar-refractivity contribution in [3.8, 4) is 22.1 Å². The maximum absolute atomic E-state index is 12.8. The second kappa shape index (κ2) is 9.27. The molecule has 0 atom stereocenters. The molecule has 0 aliphatic carbocycles. The van der Waals surface area contributed by atoms with Crippen LogP contribution in [0, 0.1) is 12.3 Å². The Labute approximate surface area is 185 Å². The lowest BCUT2D eigenvalue weighted by atomic mass is 10.1. The average molecular weight is 465 g/mol. The van der Waals surface area contributed by atoms with Gasteiger partial charge in [-0.25, -0.2) is 9.78 Å². The number of aromatic nitrogens is 1. The number of rotatable bonds is 6. The van der Waals surface area contributed by atoms with Gasteiger partial charge in [0.1, 0.15) is 28.9 Å². The largest absolute Gasteiger partial charge is 0.496 e. The van der Waals surface area contributed by atoms with Gasteiger partial charge in [-0.05, 0) is 31.2 Å². The molecule has 3 rings (SSSR count). The molecule has 0 unspecified atom stereocenters. The summed E-state index contributed by atoms with van der Waals surface area (Å²) in [4.78, 5) is 16.0. The third-order valence-corrected chi connectivity index (χ3v) is 5.58. The van der Waals surface area contributed by atoms with Crippen LogP contribution in [0.1, 0.15) is 21.7 Å². The Morgan fingerprint density at radius 1 is 1.22 bits per heavy atom. The van der Waals surface area contributed by atoms with Gasteiger partial charge < -0.3 is 14.6 Å². The van der Waals surface area contributed by atoms with Gasteiger partial charge in [-0.1, -0.05) is 12.1 Å². The molecule has 0 bridgehead atoms. The van der Waals surface area contributed by atoms with E-state index in [0.717, 1.165) is 17.0 Å². The molecule has 0 radical (unpaired) electrons. The quantitative estimate of drug-likeness (QED) is 0.338. The van der Waals surface area contributed by atoms with Crippen molar-refractivity contribution >= 4 is 23.3 Å². The average Bonchev–Trinajstić information content (AvgIpc) is 3.11. The van der Waals surface area contributed by atoms with Gasteiger partial charge >= 0.3 is 12.3 Å². The number of alkyl halides is 3. The Morgan fingerprint density at radius 3 is 2.50 bits per heavy atom. The van der Waals surface area contributed by atoms with Crippen molar-refractivity contribution in [1.82, 2.24) is 10.3 Å². The molecular weight excluding hydrogens is 447 g/mol. The predicted molar refractivity (Wildman–Crippen MR) is 113 cm³/mol. The summed E-state index contributed by atoms with van der Waals surface area (Å²) in [5.74, 6) is 0.353. The van der Waals surface area contributed by atoms with E-state index in [1.165, 1.54) is 42.7 Å². The van der Waals surface area contributed by atoms with Gasteiger partial charge in [-0.3, -0.25) is 10.7 Å². The van der Waals surface area contributed by atoms with Crippen LogP contribution in [0.2, 0.25) is 0 Å². The molecule has 0 saturated carbocycles. The summed E-state index contributed by atoms with van der Waals surface area (Å²) in [5, 5.41) is 19.1. The van der Waals surface area contributed by atoms with Gasteiger partial charge in [-0.2, -0.15) is 13.2 Å². The lowest BCUT2D eigenvalue weighted by Crippen LogP contribution is -2.29. The number of thiazole rings is 1. The third kappa shape index (κ3) is 5.35. The zero-order valence-electron chi connectivity index (χ0n) is 16.9. The maximum atomic E-state index is 12.8. The van der Waals surface area contributed by atoms with Gasteiger partial charge in [0, 0.05) is 11.6 Å². The fourth-order valence-corrected chi connectivity index (χ4v) is 3.76. The van der Waals surface area contributed by atoms with Crippen LogP contribution >= 0.6 is 11.3 Å². The van der Waals surface area contributed by atoms with E-state index in [1.54, 1.807) is 13.0 Å². The fourth-order valence-electron chi connectivity index (χ4n) is 2.78. The number of ether oxygens (including phenoxy) is 2. The smallest absolute Gasteiger partial charge is 0.416 e. The number of aryl methyl sites for hydroxylation is 1. The van der Waals surface area contributed by atoms with E-state index in [1.807, 2.05) is 5.32 Å². The van der Waals surface area contributed by atoms with Crippen molar-refractivity contribution < 1.29 is 32.5 Å². The normalized spacial score (nSPS) is 11.2. The summed E-state index contributed by atoms with van der Waals surface area (Å²) in [5.41, 5.74) is 0.802. The topological polar surface area (TPSA) is 105 Å². The summed E-state index contributed by atoms with van der Waals surface area (Å²) in [6.07, 6.45) is -5.75.